The summed E-state index contributed by atoms with van der Waals surface area (Å²) >= 11 is 0. The molecular weight excluding hydrogens is 238 g/mol. The van der Waals surface area contributed by atoms with Gasteiger partial charge >= 0.3 is 0 Å². The lowest BCUT2D eigenvalue weighted by Crippen LogP contribution is -2.12. The van der Waals surface area contributed by atoms with Crippen LogP contribution in [0.4, 0.5) is 5.69 Å². The van der Waals surface area contributed by atoms with Gasteiger partial charge in [0.15, 0.2) is 0 Å². The highest BCUT2D eigenvalue weighted by atomic mass is 16.1. The number of benzene rings is 1. The molecule has 0 fully saturated rings. The highest BCUT2D eigenvalue weighted by Crippen LogP contribution is 2.16. The number of anilines is 1. The first-order chi connectivity index (χ1) is 9.02. The molecule has 0 aliphatic heterocycles. The average molecular weight is 253 g/mol. The smallest absolute Gasteiger partial charge is 0.257 e. The zero-order valence-electron chi connectivity index (χ0n) is 11.2. The van der Waals surface area contributed by atoms with Crippen molar-refractivity contribution in [2.75, 3.05) is 5.32 Å². The predicted octanol–water partition coefficient (Wildman–Crippen LogP) is 2.77. The second kappa shape index (κ2) is 4.99. The molecule has 0 unspecified atom stereocenters. The van der Waals surface area contributed by atoms with E-state index in [0.29, 0.717) is 16.8 Å². The van der Waals surface area contributed by atoms with Gasteiger partial charge in [0.25, 0.3) is 5.91 Å². The van der Waals surface area contributed by atoms with Crippen LogP contribution in [0.1, 0.15) is 27.3 Å². The summed E-state index contributed by atoms with van der Waals surface area (Å²) in [6.45, 7) is 3.88. The van der Waals surface area contributed by atoms with Gasteiger partial charge in [-0.2, -0.15) is 5.26 Å². The Bertz CT molecular complexity index is 660. The molecule has 0 aliphatic carbocycles. The maximum absolute atomic E-state index is 12.2. The fourth-order valence-corrected chi connectivity index (χ4v) is 1.91. The van der Waals surface area contributed by atoms with E-state index < -0.39 is 0 Å². The van der Waals surface area contributed by atoms with Gasteiger partial charge in [-0.15, -0.1) is 0 Å². The molecule has 1 aromatic carbocycles. The molecular formula is C15H15N3O. The lowest BCUT2D eigenvalue weighted by atomic mass is 10.2. The first-order valence-corrected chi connectivity index (χ1v) is 5.97. The normalized spacial score (nSPS) is 10.0. The third-order valence-corrected chi connectivity index (χ3v) is 3.29. The molecule has 4 nitrogen and oxygen atoms in total. The molecule has 19 heavy (non-hydrogen) atoms. The second-order valence-corrected chi connectivity index (χ2v) is 4.49. The quantitative estimate of drug-likeness (QED) is 0.894. The Kier molecular flexibility index (Phi) is 3.39. The largest absolute Gasteiger partial charge is 0.351 e. The van der Waals surface area contributed by atoms with E-state index in [4.69, 9.17) is 5.26 Å². The summed E-state index contributed by atoms with van der Waals surface area (Å²) in [5.41, 5.74) is 3.91. The third-order valence-electron chi connectivity index (χ3n) is 3.29. The molecule has 1 N–H and O–H groups in total. The van der Waals surface area contributed by atoms with Crippen LogP contribution in [0.3, 0.4) is 0 Å². The Morgan fingerprint density at radius 3 is 2.37 bits per heavy atom. The number of hydrogen-bond acceptors (Lipinski definition) is 2. The SMILES string of the molecule is Cc1cc(C(=O)Nc2ccc(C#N)cc2)c(C)n1C. The zero-order chi connectivity index (χ0) is 14.0. The van der Waals surface area contributed by atoms with E-state index in [1.54, 1.807) is 24.3 Å². The maximum Gasteiger partial charge on any atom is 0.257 e. The molecule has 1 aromatic heterocycles. The molecule has 0 atom stereocenters. The Hall–Kier alpha value is -2.54. The number of nitrogens with one attached hydrogen (secondary N) is 1. The van der Waals surface area contributed by atoms with E-state index in [0.717, 1.165) is 11.4 Å². The Morgan fingerprint density at radius 2 is 1.89 bits per heavy atom. The van der Waals surface area contributed by atoms with Gasteiger partial charge in [0.1, 0.15) is 0 Å². The van der Waals surface area contributed by atoms with Crippen molar-refractivity contribution < 1.29 is 4.79 Å². The number of rotatable bonds is 2. The minimum atomic E-state index is -0.133. The number of aryl methyl sites for hydroxylation is 1. The number of amides is 1. The molecule has 0 radical (unpaired) electrons. The molecule has 0 aliphatic rings. The standard InChI is InChI=1S/C15H15N3O/c1-10-8-14(11(2)18(10)3)15(19)17-13-6-4-12(9-16)5-7-13/h4-8H,1-3H3,(H,17,19). The second-order valence-electron chi connectivity index (χ2n) is 4.49. The van der Waals surface area contributed by atoms with Crippen molar-refractivity contribution >= 4 is 11.6 Å². The summed E-state index contributed by atoms with van der Waals surface area (Å²) in [6, 6.07) is 10.7. The van der Waals surface area contributed by atoms with E-state index in [9.17, 15) is 4.79 Å². The van der Waals surface area contributed by atoms with Gasteiger partial charge in [0, 0.05) is 24.1 Å². The van der Waals surface area contributed by atoms with Gasteiger partial charge in [-0.1, -0.05) is 0 Å². The highest BCUT2D eigenvalue weighted by molar-refractivity contribution is 6.05. The Labute approximate surface area is 112 Å². The lowest BCUT2D eigenvalue weighted by molar-refractivity contribution is 0.102. The molecule has 0 bridgehead atoms. The van der Waals surface area contributed by atoms with Gasteiger partial charge in [0.2, 0.25) is 0 Å². The van der Waals surface area contributed by atoms with Crippen LogP contribution >= 0.6 is 0 Å². The van der Waals surface area contributed by atoms with Crippen molar-refractivity contribution in [3.63, 3.8) is 0 Å². The van der Waals surface area contributed by atoms with Crippen LogP contribution in [-0.2, 0) is 7.05 Å². The maximum atomic E-state index is 12.2. The number of carbonyl (C=O) groups is 1. The zero-order valence-corrected chi connectivity index (χ0v) is 11.2. The fourth-order valence-electron chi connectivity index (χ4n) is 1.91. The third kappa shape index (κ3) is 2.50. The lowest BCUT2D eigenvalue weighted by Gasteiger charge is -2.05. The first-order valence-electron chi connectivity index (χ1n) is 5.97. The molecule has 0 saturated heterocycles. The summed E-state index contributed by atoms with van der Waals surface area (Å²) in [4.78, 5) is 12.2. The van der Waals surface area contributed by atoms with Crippen molar-refractivity contribution in [2.45, 2.75) is 13.8 Å². The number of hydrogen-bond donors (Lipinski definition) is 1. The minimum Gasteiger partial charge on any atom is -0.351 e. The van der Waals surface area contributed by atoms with Crippen LogP contribution in [0.25, 0.3) is 0 Å². The van der Waals surface area contributed by atoms with Gasteiger partial charge in [-0.3, -0.25) is 4.79 Å². The van der Waals surface area contributed by atoms with Crippen molar-refractivity contribution in [1.29, 1.82) is 5.26 Å². The topological polar surface area (TPSA) is 57.8 Å². The average Bonchev–Trinajstić information content (AvgIpc) is 2.67. The van der Waals surface area contributed by atoms with Crippen LogP contribution in [0.2, 0.25) is 0 Å². The molecule has 1 heterocycles. The Balaban J connectivity index is 2.21. The van der Waals surface area contributed by atoms with Crippen LogP contribution in [-0.4, -0.2) is 10.5 Å². The van der Waals surface area contributed by atoms with Crippen LogP contribution in [0.15, 0.2) is 30.3 Å². The first kappa shape index (κ1) is 12.9. The number of carbonyl (C=O) groups excluding carboxylic acids is 1. The van der Waals surface area contributed by atoms with E-state index >= 15 is 0 Å². The van der Waals surface area contributed by atoms with Crippen molar-refractivity contribution in [3.8, 4) is 6.07 Å². The number of nitrogens with zero attached hydrogens (tertiary/aromatic N) is 2. The molecule has 2 aromatic rings. The number of aromatic nitrogens is 1. The van der Waals surface area contributed by atoms with Crippen molar-refractivity contribution in [1.82, 2.24) is 4.57 Å². The molecule has 0 saturated carbocycles. The molecule has 2 rings (SSSR count). The van der Waals surface area contributed by atoms with Gasteiger partial charge in [-0.05, 0) is 44.2 Å². The minimum absolute atomic E-state index is 0.133. The van der Waals surface area contributed by atoms with E-state index in [-0.39, 0.29) is 5.91 Å². The summed E-state index contributed by atoms with van der Waals surface area (Å²) in [6.07, 6.45) is 0. The summed E-state index contributed by atoms with van der Waals surface area (Å²) < 4.78 is 1.98. The summed E-state index contributed by atoms with van der Waals surface area (Å²) in [5.74, 6) is -0.133. The molecule has 96 valence electrons. The van der Waals surface area contributed by atoms with Crippen LogP contribution in [0.5, 0.6) is 0 Å². The van der Waals surface area contributed by atoms with Gasteiger partial charge in [-0.25, -0.2) is 0 Å². The van der Waals surface area contributed by atoms with Gasteiger partial charge in [0.05, 0.1) is 17.2 Å². The van der Waals surface area contributed by atoms with Crippen molar-refractivity contribution in [2.24, 2.45) is 7.05 Å². The van der Waals surface area contributed by atoms with Crippen LogP contribution < -0.4 is 5.32 Å². The van der Waals surface area contributed by atoms with Gasteiger partial charge < -0.3 is 9.88 Å². The van der Waals surface area contributed by atoms with E-state index in [1.807, 2.05) is 37.6 Å². The van der Waals surface area contributed by atoms with Crippen molar-refractivity contribution in [3.05, 3.63) is 52.8 Å². The van der Waals surface area contributed by atoms with Crippen LogP contribution in [0, 0.1) is 25.2 Å². The summed E-state index contributed by atoms with van der Waals surface area (Å²) in [5, 5.41) is 11.5. The molecule has 0 spiro atoms. The monoisotopic (exact) mass is 253 g/mol. The van der Waals surface area contributed by atoms with E-state index in [2.05, 4.69) is 5.32 Å². The summed E-state index contributed by atoms with van der Waals surface area (Å²) in [7, 11) is 1.93. The Morgan fingerprint density at radius 1 is 1.26 bits per heavy atom. The molecule has 1 amide bonds. The van der Waals surface area contributed by atoms with E-state index in [1.165, 1.54) is 0 Å². The number of nitriles is 1. The predicted molar refractivity (Wildman–Crippen MR) is 74.0 cm³/mol. The fraction of sp³-hybridized carbons (Fsp3) is 0.200. The molecule has 4 heteroatoms. The highest BCUT2D eigenvalue weighted by Gasteiger charge is 2.13.